The van der Waals surface area contributed by atoms with E-state index in [1.807, 2.05) is 0 Å². The maximum atomic E-state index is 2.68. The zero-order valence-electron chi connectivity index (χ0n) is 55.6. The Morgan fingerprint density at radius 1 is 0.186 bits per heavy atom. The van der Waals surface area contributed by atoms with E-state index in [1.165, 1.54) is 59.7 Å². The summed E-state index contributed by atoms with van der Waals surface area (Å²) in [6.45, 7) is -0.236. The molecule has 0 fully saturated rings. The summed E-state index contributed by atoms with van der Waals surface area (Å²) in [5.74, 6) is 0. The van der Waals surface area contributed by atoms with E-state index in [9.17, 15) is 0 Å². The van der Waals surface area contributed by atoms with Gasteiger partial charge in [0, 0.05) is 83.3 Å². The van der Waals surface area contributed by atoms with E-state index in [-0.39, 0.29) is 6.71 Å². The third-order valence-corrected chi connectivity index (χ3v) is 21.6. The van der Waals surface area contributed by atoms with Crippen molar-refractivity contribution in [3.63, 3.8) is 0 Å². The molecule has 19 aromatic rings. The minimum atomic E-state index is -0.236. The summed E-state index contributed by atoms with van der Waals surface area (Å²) < 4.78 is 7.48. The van der Waals surface area contributed by atoms with Crippen molar-refractivity contribution < 1.29 is 0 Å². The molecule has 2 aliphatic heterocycles. The van der Waals surface area contributed by atoms with Gasteiger partial charge in [0.15, 0.2) is 0 Å². The fourth-order valence-corrected chi connectivity index (χ4v) is 17.2. The number of benzene rings is 16. The molecule has 0 amide bonds. The van der Waals surface area contributed by atoms with Crippen LogP contribution in [0.2, 0.25) is 0 Å². The second-order valence-corrected chi connectivity index (χ2v) is 27.1. The van der Waals surface area contributed by atoms with Crippen molar-refractivity contribution in [1.29, 1.82) is 0 Å². The average molecular weight is 1300 g/mol. The third-order valence-electron chi connectivity index (χ3n) is 21.6. The van der Waals surface area contributed by atoms with Gasteiger partial charge < -0.3 is 23.5 Å². The molecule has 2 aliphatic rings. The summed E-state index contributed by atoms with van der Waals surface area (Å²) in [5.41, 5.74) is 31.8. The molecular weight excluding hydrogens is 1230 g/mol. The standard InChI is InChI=1S/C96H62BN5/c1-6-27-63(28-7-1)68-49-52-83-91(58-68)101(73-56-69(64-29-8-2-9-30-64)55-70(57-73)65-31-10-3-11-32-65)93-61-74(100-87-46-23-18-39-79(87)80-40-19-24-47-88(80)100)62-94-95(93)97(83)84-53-50-72(60-92(84)102(94)96-75(66-33-12-4-13-34-66)42-26-43-76(96)67-35-14-5-15-36-67)99-89-48-25-20-41-81(89)82-59-71(51-54-90(82)99)98-85-44-21-16-37-77(85)78-38-17-22-45-86(78)98/h1-62H. The molecule has 0 unspecified atom stereocenters. The monoisotopic (exact) mass is 1300 g/mol. The van der Waals surface area contributed by atoms with Crippen molar-refractivity contribution in [2.24, 2.45) is 0 Å². The van der Waals surface area contributed by atoms with Gasteiger partial charge in [-0.25, -0.2) is 0 Å². The second kappa shape index (κ2) is 23.1. The first kappa shape index (κ1) is 57.6. The number of anilines is 6. The Morgan fingerprint density at radius 2 is 0.539 bits per heavy atom. The molecule has 0 radical (unpaired) electrons. The fraction of sp³-hybridized carbons (Fsp3) is 0. The van der Waals surface area contributed by atoms with Crippen molar-refractivity contribution in [3.05, 3.63) is 376 Å². The lowest BCUT2D eigenvalue weighted by Gasteiger charge is -2.45. The molecule has 21 rings (SSSR count). The van der Waals surface area contributed by atoms with Gasteiger partial charge in [-0.05, 0) is 158 Å². The number of rotatable bonds is 10. The largest absolute Gasteiger partial charge is 0.311 e. The van der Waals surface area contributed by atoms with Crippen LogP contribution in [-0.2, 0) is 0 Å². The molecule has 3 aromatic heterocycles. The molecule has 6 heteroatoms. The second-order valence-electron chi connectivity index (χ2n) is 27.1. The first-order valence-corrected chi connectivity index (χ1v) is 35.3. The lowest BCUT2D eigenvalue weighted by molar-refractivity contribution is 1.15. The van der Waals surface area contributed by atoms with Crippen LogP contribution in [0.1, 0.15) is 0 Å². The van der Waals surface area contributed by atoms with Gasteiger partial charge in [0.2, 0.25) is 0 Å². The molecule has 0 saturated heterocycles. The van der Waals surface area contributed by atoms with E-state index >= 15 is 0 Å². The zero-order chi connectivity index (χ0) is 66.9. The number of para-hydroxylation sites is 6. The van der Waals surface area contributed by atoms with Crippen molar-refractivity contribution in [2.45, 2.75) is 0 Å². The summed E-state index contributed by atoms with van der Waals surface area (Å²) in [6.07, 6.45) is 0. The predicted molar refractivity (Wildman–Crippen MR) is 431 cm³/mol. The molecule has 5 heterocycles. The van der Waals surface area contributed by atoms with Gasteiger partial charge in [-0.15, -0.1) is 0 Å². The van der Waals surface area contributed by atoms with Gasteiger partial charge in [-0.3, -0.25) is 0 Å². The summed E-state index contributed by atoms with van der Waals surface area (Å²) in [4.78, 5) is 5.31. The molecule has 0 saturated carbocycles. The Balaban J connectivity index is 0.904. The van der Waals surface area contributed by atoms with Gasteiger partial charge in [0.1, 0.15) is 0 Å². The van der Waals surface area contributed by atoms with Crippen LogP contribution in [0.25, 0.3) is 138 Å². The minimum Gasteiger partial charge on any atom is -0.311 e. The van der Waals surface area contributed by atoms with Crippen LogP contribution >= 0.6 is 0 Å². The van der Waals surface area contributed by atoms with Crippen LogP contribution in [0.5, 0.6) is 0 Å². The van der Waals surface area contributed by atoms with Crippen LogP contribution in [-0.4, -0.2) is 20.4 Å². The summed E-state index contributed by atoms with van der Waals surface area (Å²) in [6, 6.07) is 140. The lowest BCUT2D eigenvalue weighted by atomic mass is 9.33. The number of fused-ring (bicyclic) bond motifs is 13. The highest BCUT2D eigenvalue weighted by Gasteiger charge is 2.45. The van der Waals surface area contributed by atoms with Crippen LogP contribution in [0.3, 0.4) is 0 Å². The Morgan fingerprint density at radius 3 is 1.02 bits per heavy atom. The normalized spacial score (nSPS) is 12.5. The smallest absolute Gasteiger partial charge is 0.252 e. The molecule has 0 N–H and O–H groups in total. The molecular formula is C96H62BN5. The molecule has 5 nitrogen and oxygen atoms in total. The number of hydrogen-bond donors (Lipinski definition) is 0. The molecule has 0 spiro atoms. The van der Waals surface area contributed by atoms with Crippen molar-refractivity contribution in [1.82, 2.24) is 13.7 Å². The predicted octanol–water partition coefficient (Wildman–Crippen LogP) is 23.4. The topological polar surface area (TPSA) is 21.3 Å². The number of nitrogens with zero attached hydrogens (tertiary/aromatic N) is 5. The highest BCUT2D eigenvalue weighted by Crippen LogP contribution is 2.53. The van der Waals surface area contributed by atoms with E-state index in [0.717, 1.165) is 129 Å². The van der Waals surface area contributed by atoms with E-state index in [2.05, 4.69) is 400 Å². The van der Waals surface area contributed by atoms with Crippen LogP contribution < -0.4 is 26.2 Å². The minimum absolute atomic E-state index is 0.236. The summed E-state index contributed by atoms with van der Waals surface area (Å²) >= 11 is 0. The first-order valence-electron chi connectivity index (χ1n) is 35.3. The Hall–Kier alpha value is -13.4. The highest BCUT2D eigenvalue weighted by atomic mass is 15.2. The molecule has 102 heavy (non-hydrogen) atoms. The van der Waals surface area contributed by atoms with Gasteiger partial charge in [-0.1, -0.05) is 279 Å². The third kappa shape index (κ3) is 8.92. The van der Waals surface area contributed by atoms with E-state index in [1.54, 1.807) is 0 Å². The molecule has 0 atom stereocenters. The maximum absolute atomic E-state index is 2.68. The molecule has 16 aromatic carbocycles. The maximum Gasteiger partial charge on any atom is 0.252 e. The Labute approximate surface area is 591 Å². The first-order chi connectivity index (χ1) is 50.6. The van der Waals surface area contributed by atoms with Gasteiger partial charge in [-0.2, -0.15) is 0 Å². The number of hydrogen-bond acceptors (Lipinski definition) is 2. The SMILES string of the molecule is c1ccc(-c2cc(-c3ccccc3)cc(N3c4cc(-c5ccccc5)ccc4B4c5ccc(-n6c7ccccc7c7cc(-n8c9ccccc9c9ccccc98)ccc76)cc5N(c5c(-c6ccccc6)cccc5-c5ccccc5)c5cc(-n6c7ccccc7c7ccccc76)cc3c54)c2)cc1. The van der Waals surface area contributed by atoms with Crippen molar-refractivity contribution in [3.8, 4) is 72.7 Å². The summed E-state index contributed by atoms with van der Waals surface area (Å²) in [5, 5.41) is 7.28. The van der Waals surface area contributed by atoms with Crippen molar-refractivity contribution >= 4 is 123 Å². The van der Waals surface area contributed by atoms with E-state index < -0.39 is 0 Å². The highest BCUT2D eigenvalue weighted by molar-refractivity contribution is 7.00. The van der Waals surface area contributed by atoms with Crippen molar-refractivity contribution in [2.75, 3.05) is 9.80 Å². The average Bonchev–Trinajstić information content (AvgIpc) is 0.785. The molecule has 474 valence electrons. The Kier molecular flexibility index (Phi) is 13.1. The Bertz CT molecular complexity index is 6350. The molecule has 0 aliphatic carbocycles. The van der Waals surface area contributed by atoms with Gasteiger partial charge >= 0.3 is 0 Å². The fourth-order valence-electron chi connectivity index (χ4n) is 17.2. The lowest BCUT2D eigenvalue weighted by Crippen LogP contribution is -2.61. The van der Waals surface area contributed by atoms with Crippen LogP contribution in [0.4, 0.5) is 34.1 Å². The van der Waals surface area contributed by atoms with Gasteiger partial charge in [0.05, 0.1) is 44.5 Å². The van der Waals surface area contributed by atoms with Crippen LogP contribution in [0, 0.1) is 0 Å². The molecule has 0 bridgehead atoms. The number of aromatic nitrogens is 3. The van der Waals surface area contributed by atoms with E-state index in [4.69, 9.17) is 0 Å². The summed E-state index contributed by atoms with van der Waals surface area (Å²) in [7, 11) is 0. The van der Waals surface area contributed by atoms with E-state index in [0.29, 0.717) is 0 Å². The quantitative estimate of drug-likeness (QED) is 0.127. The van der Waals surface area contributed by atoms with Crippen LogP contribution in [0.15, 0.2) is 376 Å². The zero-order valence-corrected chi connectivity index (χ0v) is 55.6. The van der Waals surface area contributed by atoms with Gasteiger partial charge in [0.25, 0.3) is 6.71 Å².